The number of aryl methyl sites for hydroxylation is 1. The molecule has 0 radical (unpaired) electrons. The fourth-order valence-electron chi connectivity index (χ4n) is 1.77. The first kappa shape index (κ1) is 15.9. The third kappa shape index (κ3) is 6.14. The van der Waals surface area contributed by atoms with Crippen molar-refractivity contribution >= 4 is 24.4 Å². The van der Waals surface area contributed by atoms with Crippen molar-refractivity contribution in [3.8, 4) is 0 Å². The van der Waals surface area contributed by atoms with Crippen LogP contribution in [0, 0.1) is 6.92 Å². The number of hydrogen-bond donors (Lipinski definition) is 1. The van der Waals surface area contributed by atoms with Crippen molar-refractivity contribution in [3.05, 3.63) is 5.82 Å². The maximum absolute atomic E-state index is 4.22. The van der Waals surface area contributed by atoms with Crippen LogP contribution in [0.1, 0.15) is 50.8 Å². The van der Waals surface area contributed by atoms with E-state index in [2.05, 4.69) is 27.4 Å². The highest BCUT2D eigenvalue weighted by atomic mass is 32.2. The lowest BCUT2D eigenvalue weighted by Crippen LogP contribution is -1.94. The van der Waals surface area contributed by atoms with E-state index in [1.54, 1.807) is 0 Å². The van der Waals surface area contributed by atoms with Gasteiger partial charge in [-0.25, -0.2) is 0 Å². The topological polar surface area (TPSA) is 30.7 Å². The molecule has 0 aromatic carbocycles. The van der Waals surface area contributed by atoms with Crippen LogP contribution in [0.2, 0.25) is 0 Å². The Balaban J connectivity index is 1.94. The minimum atomic E-state index is 0.988. The smallest absolute Gasteiger partial charge is 0.190 e. The van der Waals surface area contributed by atoms with E-state index in [1.807, 2.05) is 25.7 Å². The largest absolute Gasteiger partial charge is 0.309 e. The van der Waals surface area contributed by atoms with E-state index >= 15 is 0 Å². The number of nitrogens with zero attached hydrogens (tertiary/aromatic N) is 3. The van der Waals surface area contributed by atoms with E-state index < -0.39 is 0 Å². The Kier molecular flexibility index (Phi) is 8.59. The molecule has 5 heteroatoms. The summed E-state index contributed by atoms with van der Waals surface area (Å²) in [6, 6.07) is 0. The summed E-state index contributed by atoms with van der Waals surface area (Å²) < 4.78 is 2.06. The first-order valence-electron chi connectivity index (χ1n) is 6.85. The van der Waals surface area contributed by atoms with E-state index in [4.69, 9.17) is 0 Å². The zero-order valence-corrected chi connectivity index (χ0v) is 13.3. The van der Waals surface area contributed by atoms with Crippen LogP contribution in [0.5, 0.6) is 0 Å². The highest BCUT2D eigenvalue weighted by molar-refractivity contribution is 7.99. The van der Waals surface area contributed by atoms with Gasteiger partial charge in [0.1, 0.15) is 5.82 Å². The van der Waals surface area contributed by atoms with Crippen LogP contribution in [0.15, 0.2) is 5.16 Å². The van der Waals surface area contributed by atoms with Crippen LogP contribution in [0.25, 0.3) is 0 Å². The summed E-state index contributed by atoms with van der Waals surface area (Å²) in [4.78, 5) is 0. The molecule has 104 valence electrons. The van der Waals surface area contributed by atoms with Crippen LogP contribution in [0.4, 0.5) is 0 Å². The van der Waals surface area contributed by atoms with Crippen LogP contribution in [-0.2, 0) is 7.05 Å². The van der Waals surface area contributed by atoms with Gasteiger partial charge in [0, 0.05) is 12.8 Å². The predicted octanol–water partition coefficient (Wildman–Crippen LogP) is 3.88. The van der Waals surface area contributed by atoms with E-state index in [9.17, 15) is 0 Å². The monoisotopic (exact) mass is 287 g/mol. The summed E-state index contributed by atoms with van der Waals surface area (Å²) in [6.45, 7) is 1.99. The summed E-state index contributed by atoms with van der Waals surface area (Å²) in [5, 5.41) is 9.25. The Morgan fingerprint density at radius 1 is 1.00 bits per heavy atom. The molecule has 0 aliphatic rings. The minimum Gasteiger partial charge on any atom is -0.309 e. The zero-order valence-electron chi connectivity index (χ0n) is 11.6. The van der Waals surface area contributed by atoms with Gasteiger partial charge in [0.25, 0.3) is 0 Å². The highest BCUT2D eigenvalue weighted by Crippen LogP contribution is 2.18. The number of thioether (sulfide) groups is 1. The summed E-state index contributed by atoms with van der Waals surface area (Å²) in [5.74, 6) is 3.18. The van der Waals surface area contributed by atoms with Gasteiger partial charge in [-0.3, -0.25) is 0 Å². The first-order valence-corrected chi connectivity index (χ1v) is 8.47. The van der Waals surface area contributed by atoms with Gasteiger partial charge >= 0.3 is 0 Å². The average molecular weight is 287 g/mol. The summed E-state index contributed by atoms with van der Waals surface area (Å²) in [6.07, 6.45) is 9.34. The van der Waals surface area contributed by atoms with Crippen LogP contribution in [-0.4, -0.2) is 26.3 Å². The third-order valence-electron chi connectivity index (χ3n) is 3.09. The maximum Gasteiger partial charge on any atom is 0.190 e. The SMILES string of the molecule is Cc1nnc(SCCCCCCCCCS)n1C. The van der Waals surface area contributed by atoms with Gasteiger partial charge in [-0.05, 0) is 25.5 Å². The maximum atomic E-state index is 4.22. The van der Waals surface area contributed by atoms with Crippen molar-refractivity contribution in [2.45, 2.75) is 57.0 Å². The number of thiol groups is 1. The molecule has 0 fully saturated rings. The molecule has 0 amide bonds. The molecule has 0 aliphatic carbocycles. The van der Waals surface area contributed by atoms with Crippen molar-refractivity contribution in [2.24, 2.45) is 7.05 Å². The van der Waals surface area contributed by atoms with Crippen molar-refractivity contribution < 1.29 is 0 Å². The first-order chi connectivity index (χ1) is 8.75. The highest BCUT2D eigenvalue weighted by Gasteiger charge is 2.04. The second-order valence-electron chi connectivity index (χ2n) is 4.64. The van der Waals surface area contributed by atoms with Crippen LogP contribution >= 0.6 is 24.4 Å². The summed E-state index contributed by atoms with van der Waals surface area (Å²) >= 11 is 6.04. The Morgan fingerprint density at radius 3 is 2.17 bits per heavy atom. The van der Waals surface area contributed by atoms with Crippen molar-refractivity contribution in [2.75, 3.05) is 11.5 Å². The van der Waals surface area contributed by atoms with E-state index in [0.29, 0.717) is 0 Å². The number of unbranched alkanes of at least 4 members (excludes halogenated alkanes) is 6. The van der Waals surface area contributed by atoms with Crippen LogP contribution < -0.4 is 0 Å². The number of hydrogen-bond acceptors (Lipinski definition) is 4. The Morgan fingerprint density at radius 2 is 1.61 bits per heavy atom. The van der Waals surface area contributed by atoms with Gasteiger partial charge in [0.15, 0.2) is 5.16 Å². The Bertz CT molecular complexity index is 326. The molecule has 18 heavy (non-hydrogen) atoms. The standard InChI is InChI=1S/C13H25N3S2/c1-12-14-15-13(16(12)2)18-11-9-7-5-3-4-6-8-10-17/h17H,3-11H2,1-2H3. The van der Waals surface area contributed by atoms with E-state index in [0.717, 1.165) is 22.5 Å². The van der Waals surface area contributed by atoms with Crippen molar-refractivity contribution in [1.29, 1.82) is 0 Å². The average Bonchev–Trinajstić information content (AvgIpc) is 2.68. The molecule has 1 aromatic heterocycles. The normalized spacial score (nSPS) is 11.1. The number of rotatable bonds is 10. The van der Waals surface area contributed by atoms with Crippen LogP contribution in [0.3, 0.4) is 0 Å². The Hall–Kier alpha value is -0.160. The molecule has 0 saturated heterocycles. The molecule has 0 aliphatic heterocycles. The summed E-state index contributed by atoms with van der Waals surface area (Å²) in [5.41, 5.74) is 0. The predicted molar refractivity (Wildman–Crippen MR) is 82.6 cm³/mol. The van der Waals surface area contributed by atoms with Gasteiger partial charge in [-0.15, -0.1) is 10.2 Å². The lowest BCUT2D eigenvalue weighted by atomic mass is 10.1. The fourth-order valence-corrected chi connectivity index (χ4v) is 2.95. The van der Waals surface area contributed by atoms with Gasteiger partial charge in [0.2, 0.25) is 0 Å². The molecular weight excluding hydrogens is 262 g/mol. The molecule has 1 rings (SSSR count). The quantitative estimate of drug-likeness (QED) is 0.402. The lowest BCUT2D eigenvalue weighted by Gasteiger charge is -2.02. The lowest BCUT2D eigenvalue weighted by molar-refractivity contribution is 0.605. The second-order valence-corrected chi connectivity index (χ2v) is 6.15. The van der Waals surface area contributed by atoms with Gasteiger partial charge in [0.05, 0.1) is 0 Å². The fraction of sp³-hybridized carbons (Fsp3) is 0.846. The Labute approximate surface area is 121 Å². The van der Waals surface area contributed by atoms with E-state index in [-0.39, 0.29) is 0 Å². The van der Waals surface area contributed by atoms with Crippen molar-refractivity contribution in [1.82, 2.24) is 14.8 Å². The number of aromatic nitrogens is 3. The van der Waals surface area contributed by atoms with Gasteiger partial charge in [-0.2, -0.15) is 12.6 Å². The molecule has 0 N–H and O–H groups in total. The van der Waals surface area contributed by atoms with Crippen molar-refractivity contribution in [3.63, 3.8) is 0 Å². The molecular formula is C13H25N3S2. The third-order valence-corrected chi connectivity index (χ3v) is 4.51. The molecule has 0 unspecified atom stereocenters. The minimum absolute atomic E-state index is 0.988. The molecule has 0 atom stereocenters. The van der Waals surface area contributed by atoms with Gasteiger partial charge in [-0.1, -0.05) is 43.9 Å². The molecule has 3 nitrogen and oxygen atoms in total. The second kappa shape index (κ2) is 9.73. The molecule has 1 heterocycles. The molecule has 0 spiro atoms. The molecule has 0 saturated carbocycles. The van der Waals surface area contributed by atoms with E-state index in [1.165, 1.54) is 44.9 Å². The zero-order chi connectivity index (χ0) is 13.2. The summed E-state index contributed by atoms with van der Waals surface area (Å²) in [7, 11) is 2.03. The molecule has 0 bridgehead atoms. The molecule has 1 aromatic rings. The van der Waals surface area contributed by atoms with Gasteiger partial charge < -0.3 is 4.57 Å².